The summed E-state index contributed by atoms with van der Waals surface area (Å²) in [6.45, 7) is 0. The van der Waals surface area contributed by atoms with Crippen molar-refractivity contribution < 1.29 is 4.79 Å². The van der Waals surface area contributed by atoms with E-state index in [0.29, 0.717) is 16.5 Å². The monoisotopic (exact) mass is 389 g/mol. The van der Waals surface area contributed by atoms with Crippen LogP contribution in [0.25, 0.3) is 4.96 Å². The Hall–Kier alpha value is -1.34. The summed E-state index contributed by atoms with van der Waals surface area (Å²) in [6, 6.07) is 1.57. The Labute approximate surface area is 160 Å². The highest BCUT2D eigenvalue weighted by Crippen LogP contribution is 2.55. The van der Waals surface area contributed by atoms with Crippen LogP contribution in [0.4, 0.5) is 0 Å². The van der Waals surface area contributed by atoms with Crippen LogP contribution in [0.5, 0.6) is 0 Å². The Morgan fingerprint density at radius 2 is 1.96 bits per heavy atom. The molecule has 0 atom stereocenters. The first-order valence-electron chi connectivity index (χ1n) is 9.43. The van der Waals surface area contributed by atoms with Gasteiger partial charge >= 0.3 is 0 Å². The van der Waals surface area contributed by atoms with Gasteiger partial charge in [-0.3, -0.25) is 14.0 Å². The molecule has 26 heavy (non-hydrogen) atoms. The fourth-order valence-corrected chi connectivity index (χ4v) is 7.26. The standard InChI is InChI=1S/C19H23N3O2S2/c23-16(21-19-7-12-3-13(8-19)5-14(4-12)9-19)11-25-10-15-6-17(24)22-1-2-26-18(22)20-15/h1-2,6,12-14H,3-5,7-11H2,(H,21,23). The van der Waals surface area contributed by atoms with Crippen molar-refractivity contribution >= 4 is 34.0 Å². The number of hydrogen-bond acceptors (Lipinski definition) is 5. The van der Waals surface area contributed by atoms with Gasteiger partial charge in [0, 0.05) is 28.9 Å². The number of hydrogen-bond donors (Lipinski definition) is 1. The summed E-state index contributed by atoms with van der Waals surface area (Å²) < 4.78 is 1.55. The van der Waals surface area contributed by atoms with Crippen LogP contribution in [0.2, 0.25) is 0 Å². The van der Waals surface area contributed by atoms with E-state index in [0.717, 1.165) is 23.4 Å². The molecule has 0 radical (unpaired) electrons. The molecule has 4 fully saturated rings. The lowest BCUT2D eigenvalue weighted by Gasteiger charge is -2.56. The molecule has 0 unspecified atom stereocenters. The van der Waals surface area contributed by atoms with Crippen LogP contribution < -0.4 is 10.9 Å². The van der Waals surface area contributed by atoms with Crippen molar-refractivity contribution in [2.45, 2.75) is 49.8 Å². The highest BCUT2D eigenvalue weighted by atomic mass is 32.2. The van der Waals surface area contributed by atoms with Gasteiger partial charge in [0.2, 0.25) is 5.91 Å². The maximum absolute atomic E-state index is 12.5. The first kappa shape index (κ1) is 16.8. The topological polar surface area (TPSA) is 63.5 Å². The van der Waals surface area contributed by atoms with Gasteiger partial charge in [0.15, 0.2) is 4.96 Å². The van der Waals surface area contributed by atoms with Crippen molar-refractivity contribution in [1.29, 1.82) is 0 Å². The molecule has 2 aromatic rings. The van der Waals surface area contributed by atoms with E-state index in [1.807, 2.05) is 5.38 Å². The number of amides is 1. The number of fused-ring (bicyclic) bond motifs is 1. The number of nitrogens with zero attached hydrogens (tertiary/aromatic N) is 2. The van der Waals surface area contributed by atoms with Crippen LogP contribution in [0, 0.1) is 17.8 Å². The van der Waals surface area contributed by atoms with Gasteiger partial charge < -0.3 is 5.32 Å². The summed E-state index contributed by atoms with van der Waals surface area (Å²) >= 11 is 3.00. The van der Waals surface area contributed by atoms with Crippen molar-refractivity contribution in [2.75, 3.05) is 5.75 Å². The highest BCUT2D eigenvalue weighted by molar-refractivity contribution is 7.99. The number of carbonyl (C=O) groups excluding carboxylic acids is 1. The number of aromatic nitrogens is 2. The average molecular weight is 390 g/mol. The minimum absolute atomic E-state index is 0.0510. The van der Waals surface area contributed by atoms with Gasteiger partial charge in [-0.1, -0.05) is 0 Å². The molecule has 2 heterocycles. The SMILES string of the molecule is O=C(CSCc1cc(=O)n2ccsc2n1)NC12CC3CC(CC(C3)C1)C2. The Bertz CT molecular complexity index is 868. The molecule has 1 amide bonds. The van der Waals surface area contributed by atoms with Gasteiger partial charge in [0.1, 0.15) is 0 Å². The first-order valence-corrected chi connectivity index (χ1v) is 11.5. The average Bonchev–Trinajstić information content (AvgIpc) is 3.02. The fourth-order valence-electron chi connectivity index (χ4n) is 5.81. The van der Waals surface area contributed by atoms with Crippen LogP contribution in [0.3, 0.4) is 0 Å². The zero-order valence-corrected chi connectivity index (χ0v) is 16.3. The summed E-state index contributed by atoms with van der Waals surface area (Å²) in [6.07, 6.45) is 9.45. The second-order valence-electron chi connectivity index (χ2n) is 8.38. The van der Waals surface area contributed by atoms with E-state index in [4.69, 9.17) is 0 Å². The number of thiazole rings is 1. The van der Waals surface area contributed by atoms with Gasteiger partial charge in [-0.25, -0.2) is 4.98 Å². The van der Waals surface area contributed by atoms with Crippen molar-refractivity contribution in [3.8, 4) is 0 Å². The summed E-state index contributed by atoms with van der Waals surface area (Å²) in [5.74, 6) is 3.69. The minimum Gasteiger partial charge on any atom is -0.350 e. The fraction of sp³-hybridized carbons (Fsp3) is 0.632. The van der Waals surface area contributed by atoms with Crippen LogP contribution in [0.1, 0.15) is 44.2 Å². The number of rotatable bonds is 5. The van der Waals surface area contributed by atoms with Crippen molar-refractivity contribution in [3.05, 3.63) is 33.7 Å². The van der Waals surface area contributed by atoms with E-state index in [-0.39, 0.29) is 17.0 Å². The molecular weight excluding hydrogens is 366 g/mol. The second-order valence-corrected chi connectivity index (χ2v) is 10.2. The molecule has 4 aliphatic carbocycles. The van der Waals surface area contributed by atoms with E-state index >= 15 is 0 Å². The maximum atomic E-state index is 12.5. The minimum atomic E-state index is -0.0510. The zero-order valence-electron chi connectivity index (χ0n) is 14.6. The molecule has 138 valence electrons. The lowest BCUT2D eigenvalue weighted by Crippen LogP contribution is -2.60. The van der Waals surface area contributed by atoms with Gasteiger partial charge in [0.25, 0.3) is 5.56 Å². The summed E-state index contributed by atoms with van der Waals surface area (Å²) in [4.78, 5) is 29.8. The van der Waals surface area contributed by atoms with Gasteiger partial charge in [-0.15, -0.1) is 23.1 Å². The lowest BCUT2D eigenvalue weighted by molar-refractivity contribution is -0.124. The van der Waals surface area contributed by atoms with E-state index in [9.17, 15) is 9.59 Å². The predicted molar refractivity (Wildman–Crippen MR) is 105 cm³/mol. The maximum Gasteiger partial charge on any atom is 0.258 e. The summed E-state index contributed by atoms with van der Waals surface area (Å²) in [5, 5.41) is 5.26. The molecule has 0 spiro atoms. The van der Waals surface area contributed by atoms with Crippen LogP contribution in [-0.4, -0.2) is 26.6 Å². The van der Waals surface area contributed by atoms with Gasteiger partial charge in [-0.05, 0) is 56.3 Å². The molecule has 2 aromatic heterocycles. The number of nitrogens with one attached hydrogen (secondary N) is 1. The van der Waals surface area contributed by atoms with Crippen molar-refractivity contribution in [3.63, 3.8) is 0 Å². The van der Waals surface area contributed by atoms with Gasteiger partial charge in [-0.2, -0.15) is 0 Å². The van der Waals surface area contributed by atoms with Crippen LogP contribution in [0.15, 0.2) is 22.4 Å². The van der Waals surface area contributed by atoms with E-state index in [1.165, 1.54) is 49.9 Å². The van der Waals surface area contributed by atoms with E-state index in [2.05, 4.69) is 10.3 Å². The molecule has 1 N–H and O–H groups in total. The number of carbonyl (C=O) groups is 1. The van der Waals surface area contributed by atoms with Crippen molar-refractivity contribution in [1.82, 2.24) is 14.7 Å². The predicted octanol–water partition coefficient (Wildman–Crippen LogP) is 3.07. The number of thioether (sulfide) groups is 1. The van der Waals surface area contributed by atoms with E-state index in [1.54, 1.807) is 28.4 Å². The van der Waals surface area contributed by atoms with Crippen molar-refractivity contribution in [2.24, 2.45) is 17.8 Å². The molecule has 6 rings (SSSR count). The third kappa shape index (κ3) is 3.09. The molecule has 5 nitrogen and oxygen atoms in total. The van der Waals surface area contributed by atoms with E-state index < -0.39 is 0 Å². The highest BCUT2D eigenvalue weighted by Gasteiger charge is 2.51. The smallest absolute Gasteiger partial charge is 0.258 e. The third-order valence-electron chi connectivity index (χ3n) is 6.28. The Balaban J connectivity index is 1.18. The second kappa shape index (κ2) is 6.37. The summed E-state index contributed by atoms with van der Waals surface area (Å²) in [7, 11) is 0. The molecule has 0 aromatic carbocycles. The molecule has 7 heteroatoms. The molecule has 4 bridgehead atoms. The molecule has 4 saturated carbocycles. The Kier molecular flexibility index (Phi) is 4.12. The lowest BCUT2D eigenvalue weighted by atomic mass is 9.53. The van der Waals surface area contributed by atoms with Crippen LogP contribution in [-0.2, 0) is 10.5 Å². The molecule has 4 aliphatic rings. The Morgan fingerprint density at radius 3 is 2.65 bits per heavy atom. The molecule has 0 saturated heterocycles. The summed E-state index contributed by atoms with van der Waals surface area (Å²) in [5.41, 5.74) is 0.786. The Morgan fingerprint density at radius 1 is 1.27 bits per heavy atom. The zero-order chi connectivity index (χ0) is 17.7. The largest absolute Gasteiger partial charge is 0.350 e. The molecular formula is C19H23N3O2S2. The quantitative estimate of drug-likeness (QED) is 0.854. The van der Waals surface area contributed by atoms with Crippen LogP contribution >= 0.6 is 23.1 Å². The third-order valence-corrected chi connectivity index (χ3v) is 8.00. The van der Waals surface area contributed by atoms with Gasteiger partial charge in [0.05, 0.1) is 11.4 Å². The molecule has 0 aliphatic heterocycles. The normalized spacial score (nSPS) is 32.2. The first-order chi connectivity index (χ1) is 12.6.